The van der Waals surface area contributed by atoms with Crippen molar-refractivity contribution in [3.63, 3.8) is 0 Å². The molecule has 6 heteroatoms. The number of carbonyl (C=O) groups is 1. The van der Waals surface area contributed by atoms with Gasteiger partial charge in [0.1, 0.15) is 12.0 Å². The van der Waals surface area contributed by atoms with Gasteiger partial charge in [0.25, 0.3) is 0 Å². The van der Waals surface area contributed by atoms with Crippen LogP contribution in [0.4, 0.5) is 4.39 Å². The molecule has 0 radical (unpaired) electrons. The number of rotatable bonds is 3. The number of nitrogens with zero attached hydrogens (tertiary/aromatic N) is 1. The van der Waals surface area contributed by atoms with Gasteiger partial charge >= 0.3 is 0 Å². The van der Waals surface area contributed by atoms with Crippen molar-refractivity contribution in [1.29, 1.82) is 0 Å². The van der Waals surface area contributed by atoms with Gasteiger partial charge in [0.15, 0.2) is 5.78 Å². The van der Waals surface area contributed by atoms with Crippen LogP contribution in [0.2, 0.25) is 5.02 Å². The van der Waals surface area contributed by atoms with Crippen LogP contribution in [0, 0.1) is 16.6 Å². The molecule has 0 saturated carbocycles. The van der Waals surface area contributed by atoms with E-state index in [2.05, 4.69) is 0 Å². The molecule has 1 saturated heterocycles. The highest BCUT2D eigenvalue weighted by Crippen LogP contribution is 2.47. The molecular weight excluding hydrogens is 343 g/mol. The summed E-state index contributed by atoms with van der Waals surface area (Å²) in [5.74, 6) is -0.485. The molecule has 1 unspecified atom stereocenters. The summed E-state index contributed by atoms with van der Waals surface area (Å²) in [5, 5.41) is 10.7. The molecule has 1 aromatic rings. The SMILES string of the molecule is CC1(C)C[C@@]2(C=C(N)C1=O)CCN(C(O)Cc1ccc(Cl)c(F)c1)C2. The van der Waals surface area contributed by atoms with Gasteiger partial charge in [0, 0.05) is 30.3 Å². The lowest BCUT2D eigenvalue weighted by molar-refractivity contribution is -0.125. The predicted octanol–water partition coefficient (Wildman–Crippen LogP) is 2.87. The number of likely N-dealkylation sites (tertiary alicyclic amines) is 1. The Morgan fingerprint density at radius 2 is 2.16 bits per heavy atom. The van der Waals surface area contributed by atoms with E-state index in [1.165, 1.54) is 12.1 Å². The molecule has 1 heterocycles. The first kappa shape index (κ1) is 18.4. The molecule has 1 fully saturated rings. The highest BCUT2D eigenvalue weighted by Gasteiger charge is 2.48. The number of ketones is 1. The standard InChI is InChI=1S/C19H24ClFN2O2/c1-18(2)10-19(9-15(22)17(18)25)5-6-23(11-19)16(24)8-12-3-4-13(20)14(21)7-12/h3-4,7,9,16,24H,5-6,8,10-11,22H2,1-2H3/t16?,19-/m0/s1. The van der Waals surface area contributed by atoms with Gasteiger partial charge in [-0.15, -0.1) is 0 Å². The second-order valence-electron chi connectivity index (χ2n) is 8.01. The largest absolute Gasteiger partial charge is 0.396 e. The number of hydrogen-bond donors (Lipinski definition) is 2. The Labute approximate surface area is 152 Å². The molecule has 2 aliphatic rings. The fraction of sp³-hybridized carbons (Fsp3) is 0.526. The summed E-state index contributed by atoms with van der Waals surface area (Å²) in [6.07, 6.45) is 3.06. The maximum atomic E-state index is 13.6. The summed E-state index contributed by atoms with van der Waals surface area (Å²) < 4.78 is 13.6. The molecular formula is C19H24ClFN2O2. The average molecular weight is 367 g/mol. The number of nitrogens with two attached hydrogens (primary N) is 1. The predicted molar refractivity (Wildman–Crippen MR) is 95.4 cm³/mol. The third-order valence-corrected chi connectivity index (χ3v) is 5.68. The van der Waals surface area contributed by atoms with Gasteiger partial charge in [0.05, 0.1) is 10.7 Å². The zero-order valence-corrected chi connectivity index (χ0v) is 15.3. The molecule has 1 aliphatic carbocycles. The van der Waals surface area contributed by atoms with Crippen LogP contribution in [0.25, 0.3) is 0 Å². The highest BCUT2D eigenvalue weighted by atomic mass is 35.5. The molecule has 4 nitrogen and oxygen atoms in total. The summed E-state index contributed by atoms with van der Waals surface area (Å²) in [5.41, 5.74) is 6.31. The second kappa shape index (κ2) is 6.38. The van der Waals surface area contributed by atoms with Gasteiger partial charge in [-0.3, -0.25) is 9.69 Å². The Morgan fingerprint density at radius 1 is 1.44 bits per heavy atom. The molecule has 0 bridgehead atoms. The Hall–Kier alpha value is -1.43. The van der Waals surface area contributed by atoms with E-state index in [1.54, 1.807) is 6.07 Å². The summed E-state index contributed by atoms with van der Waals surface area (Å²) in [4.78, 5) is 14.2. The monoisotopic (exact) mass is 366 g/mol. The van der Waals surface area contributed by atoms with Gasteiger partial charge < -0.3 is 10.8 Å². The topological polar surface area (TPSA) is 66.6 Å². The van der Waals surface area contributed by atoms with Crippen molar-refractivity contribution in [2.75, 3.05) is 13.1 Å². The van der Waals surface area contributed by atoms with E-state index < -0.39 is 17.5 Å². The number of aliphatic hydroxyl groups excluding tert-OH is 1. The lowest BCUT2D eigenvalue weighted by atomic mass is 9.65. The van der Waals surface area contributed by atoms with Gasteiger partial charge in [-0.25, -0.2) is 4.39 Å². The molecule has 3 rings (SSSR count). The first-order chi connectivity index (χ1) is 11.6. The zero-order chi connectivity index (χ0) is 18.4. The van der Waals surface area contributed by atoms with Crippen molar-refractivity contribution < 1.29 is 14.3 Å². The van der Waals surface area contributed by atoms with Crippen LogP contribution in [0.5, 0.6) is 0 Å². The molecule has 1 aliphatic heterocycles. The Morgan fingerprint density at radius 3 is 2.80 bits per heavy atom. The minimum absolute atomic E-state index is 0.00578. The zero-order valence-electron chi connectivity index (χ0n) is 14.6. The molecule has 25 heavy (non-hydrogen) atoms. The summed E-state index contributed by atoms with van der Waals surface area (Å²) >= 11 is 5.70. The van der Waals surface area contributed by atoms with E-state index in [-0.39, 0.29) is 16.2 Å². The fourth-order valence-electron chi connectivity index (χ4n) is 4.25. The average Bonchev–Trinajstić information content (AvgIpc) is 2.91. The van der Waals surface area contributed by atoms with Crippen molar-refractivity contribution in [3.05, 3.63) is 46.4 Å². The molecule has 1 spiro atoms. The molecule has 0 amide bonds. The summed E-state index contributed by atoms with van der Waals surface area (Å²) in [6, 6.07) is 4.58. The van der Waals surface area contributed by atoms with Crippen molar-refractivity contribution >= 4 is 17.4 Å². The number of benzene rings is 1. The minimum Gasteiger partial charge on any atom is -0.396 e. The van der Waals surface area contributed by atoms with Crippen molar-refractivity contribution in [3.8, 4) is 0 Å². The van der Waals surface area contributed by atoms with Crippen LogP contribution in [-0.2, 0) is 11.2 Å². The third-order valence-electron chi connectivity index (χ3n) is 5.37. The van der Waals surface area contributed by atoms with Gasteiger partial charge in [0.2, 0.25) is 0 Å². The first-order valence-corrected chi connectivity index (χ1v) is 8.89. The van der Waals surface area contributed by atoms with Crippen LogP contribution in [0.3, 0.4) is 0 Å². The van der Waals surface area contributed by atoms with Crippen molar-refractivity contribution in [2.24, 2.45) is 16.6 Å². The van der Waals surface area contributed by atoms with E-state index in [0.717, 1.165) is 12.8 Å². The molecule has 3 N–H and O–H groups in total. The van der Waals surface area contributed by atoms with Crippen LogP contribution >= 0.6 is 11.6 Å². The molecule has 1 aromatic carbocycles. The Bertz CT molecular complexity index is 734. The van der Waals surface area contributed by atoms with Crippen LogP contribution in [0.1, 0.15) is 32.3 Å². The maximum Gasteiger partial charge on any atom is 0.183 e. The highest BCUT2D eigenvalue weighted by molar-refractivity contribution is 6.30. The number of hydrogen-bond acceptors (Lipinski definition) is 4. The number of Topliss-reactive ketones (excluding diaryl/α,β-unsaturated/α-hetero) is 1. The van der Waals surface area contributed by atoms with Gasteiger partial charge in [-0.05, 0) is 30.5 Å². The van der Waals surface area contributed by atoms with Crippen LogP contribution in [0.15, 0.2) is 30.0 Å². The number of carbonyl (C=O) groups excluding carboxylic acids is 1. The van der Waals surface area contributed by atoms with Crippen LogP contribution < -0.4 is 5.73 Å². The first-order valence-electron chi connectivity index (χ1n) is 8.51. The fourth-order valence-corrected chi connectivity index (χ4v) is 4.37. The quantitative estimate of drug-likeness (QED) is 0.863. The Balaban J connectivity index is 1.72. The molecule has 136 valence electrons. The molecule has 0 aromatic heterocycles. The molecule has 2 atom stereocenters. The third kappa shape index (κ3) is 3.59. The Kier molecular flexibility index (Phi) is 4.69. The van der Waals surface area contributed by atoms with E-state index >= 15 is 0 Å². The smallest absolute Gasteiger partial charge is 0.183 e. The number of allylic oxidation sites excluding steroid dienone is 1. The maximum absolute atomic E-state index is 13.6. The lowest BCUT2D eigenvalue weighted by Gasteiger charge is -2.39. The number of aliphatic hydroxyl groups is 1. The van der Waals surface area contributed by atoms with E-state index in [0.29, 0.717) is 30.8 Å². The normalized spacial score (nSPS) is 27.6. The lowest BCUT2D eigenvalue weighted by Crippen LogP contribution is -2.43. The van der Waals surface area contributed by atoms with Gasteiger partial charge in [-0.2, -0.15) is 0 Å². The van der Waals surface area contributed by atoms with Crippen LogP contribution in [-0.4, -0.2) is 35.1 Å². The van der Waals surface area contributed by atoms with E-state index in [4.69, 9.17) is 17.3 Å². The summed E-state index contributed by atoms with van der Waals surface area (Å²) in [7, 11) is 0. The van der Waals surface area contributed by atoms with Crippen molar-refractivity contribution in [2.45, 2.75) is 39.3 Å². The van der Waals surface area contributed by atoms with E-state index in [1.807, 2.05) is 24.8 Å². The number of halogens is 2. The van der Waals surface area contributed by atoms with Gasteiger partial charge in [-0.1, -0.05) is 37.6 Å². The second-order valence-corrected chi connectivity index (χ2v) is 8.41. The van der Waals surface area contributed by atoms with E-state index in [9.17, 15) is 14.3 Å². The van der Waals surface area contributed by atoms with Crippen molar-refractivity contribution in [1.82, 2.24) is 4.90 Å². The summed E-state index contributed by atoms with van der Waals surface area (Å²) in [6.45, 7) is 5.20. The minimum atomic E-state index is -0.713.